The van der Waals surface area contributed by atoms with Crippen molar-refractivity contribution in [1.82, 2.24) is 10.2 Å². The van der Waals surface area contributed by atoms with Crippen molar-refractivity contribution in [2.24, 2.45) is 0 Å². The molecule has 1 N–H and O–H groups in total. The van der Waals surface area contributed by atoms with Gasteiger partial charge in [-0.25, -0.2) is 0 Å². The van der Waals surface area contributed by atoms with Gasteiger partial charge in [-0.15, -0.1) is 0 Å². The van der Waals surface area contributed by atoms with E-state index in [2.05, 4.69) is 37.2 Å². The number of halogens is 1. The molecule has 1 unspecified atom stereocenters. The van der Waals surface area contributed by atoms with Crippen LogP contribution in [-0.4, -0.2) is 18.5 Å². The van der Waals surface area contributed by atoms with E-state index in [1.807, 2.05) is 24.3 Å². The highest BCUT2D eigenvalue weighted by Crippen LogP contribution is 2.27. The van der Waals surface area contributed by atoms with Crippen LogP contribution in [-0.2, 0) is 13.1 Å². The highest BCUT2D eigenvalue weighted by molar-refractivity contribution is 6.31. The monoisotopic (exact) mass is 306 g/mol. The predicted molar refractivity (Wildman–Crippen MR) is 87.4 cm³/mol. The summed E-state index contributed by atoms with van der Waals surface area (Å²) in [5, 5.41) is 4.14. The molecule has 0 aliphatic rings. The maximum Gasteiger partial charge on any atom is 0.122 e. The lowest BCUT2D eigenvalue weighted by Gasteiger charge is -2.25. The summed E-state index contributed by atoms with van der Waals surface area (Å²) in [6.45, 7) is 6.83. The normalized spacial score (nSPS) is 12.8. The van der Waals surface area contributed by atoms with Crippen LogP contribution in [0.4, 0.5) is 0 Å². The molecule has 114 valence electrons. The van der Waals surface area contributed by atoms with Gasteiger partial charge < -0.3 is 9.73 Å². The number of furan rings is 1. The summed E-state index contributed by atoms with van der Waals surface area (Å²) in [6, 6.07) is 10.3. The third kappa shape index (κ3) is 4.10. The summed E-state index contributed by atoms with van der Waals surface area (Å²) in [6.07, 6.45) is 1.76. The van der Waals surface area contributed by atoms with E-state index >= 15 is 0 Å². The number of hydrogen-bond donors (Lipinski definition) is 1. The summed E-state index contributed by atoms with van der Waals surface area (Å²) >= 11 is 6.28. The Kier molecular flexibility index (Phi) is 5.85. The molecular formula is C17H23ClN2O. The van der Waals surface area contributed by atoms with Gasteiger partial charge in [0.1, 0.15) is 5.76 Å². The fourth-order valence-electron chi connectivity index (χ4n) is 2.34. The van der Waals surface area contributed by atoms with Crippen LogP contribution in [0.25, 0.3) is 0 Å². The van der Waals surface area contributed by atoms with Gasteiger partial charge in [0.2, 0.25) is 0 Å². The molecule has 1 heterocycles. The van der Waals surface area contributed by atoms with Crippen molar-refractivity contribution in [2.75, 3.05) is 13.6 Å². The molecule has 4 heteroatoms. The maximum atomic E-state index is 6.28. The number of nitrogens with zero attached hydrogens (tertiary/aromatic N) is 1. The lowest BCUT2D eigenvalue weighted by atomic mass is 10.1. The molecule has 0 saturated heterocycles. The van der Waals surface area contributed by atoms with Gasteiger partial charge in [0.05, 0.1) is 12.8 Å². The molecule has 0 amide bonds. The van der Waals surface area contributed by atoms with Crippen molar-refractivity contribution in [1.29, 1.82) is 0 Å². The van der Waals surface area contributed by atoms with E-state index in [9.17, 15) is 0 Å². The molecule has 0 bridgehead atoms. The second-order valence-corrected chi connectivity index (χ2v) is 5.67. The van der Waals surface area contributed by atoms with Crippen molar-refractivity contribution < 1.29 is 4.42 Å². The molecule has 1 aromatic carbocycles. The molecule has 0 spiro atoms. The van der Waals surface area contributed by atoms with Crippen LogP contribution < -0.4 is 5.32 Å². The molecule has 21 heavy (non-hydrogen) atoms. The molecule has 0 aliphatic carbocycles. The Morgan fingerprint density at radius 2 is 2.05 bits per heavy atom. The summed E-state index contributed by atoms with van der Waals surface area (Å²) in [7, 11) is 2.09. The highest BCUT2D eigenvalue weighted by atomic mass is 35.5. The van der Waals surface area contributed by atoms with Crippen molar-refractivity contribution in [2.45, 2.75) is 33.0 Å². The maximum absolute atomic E-state index is 6.28. The van der Waals surface area contributed by atoms with E-state index in [0.29, 0.717) is 0 Å². The van der Waals surface area contributed by atoms with E-state index in [-0.39, 0.29) is 6.04 Å². The average molecular weight is 307 g/mol. The fraction of sp³-hybridized carbons (Fsp3) is 0.412. The first-order valence-corrected chi connectivity index (χ1v) is 7.72. The minimum Gasteiger partial charge on any atom is -0.468 e. The molecule has 0 aliphatic heterocycles. The Morgan fingerprint density at radius 1 is 1.29 bits per heavy atom. The Balaban J connectivity index is 2.06. The fourth-order valence-corrected chi connectivity index (χ4v) is 2.63. The summed E-state index contributed by atoms with van der Waals surface area (Å²) in [5.41, 5.74) is 2.36. The van der Waals surface area contributed by atoms with Crippen molar-refractivity contribution >= 4 is 11.6 Å². The molecule has 0 radical (unpaired) electrons. The van der Waals surface area contributed by atoms with Crippen molar-refractivity contribution in [3.8, 4) is 0 Å². The minimum absolute atomic E-state index is 0.232. The zero-order valence-corrected chi connectivity index (χ0v) is 13.7. The van der Waals surface area contributed by atoms with Gasteiger partial charge in [-0.2, -0.15) is 0 Å². The molecule has 2 rings (SSSR count). The third-order valence-electron chi connectivity index (χ3n) is 3.81. The lowest BCUT2D eigenvalue weighted by molar-refractivity contribution is 0.231. The first kappa shape index (κ1) is 16.1. The van der Waals surface area contributed by atoms with Crippen LogP contribution in [0.15, 0.2) is 41.0 Å². The van der Waals surface area contributed by atoms with Crippen LogP contribution in [0.5, 0.6) is 0 Å². The van der Waals surface area contributed by atoms with Gasteiger partial charge in [-0.1, -0.05) is 36.7 Å². The zero-order valence-electron chi connectivity index (χ0n) is 12.9. The van der Waals surface area contributed by atoms with Crippen LogP contribution in [0.1, 0.15) is 36.8 Å². The van der Waals surface area contributed by atoms with E-state index in [4.69, 9.17) is 16.0 Å². The Morgan fingerprint density at radius 3 is 2.76 bits per heavy atom. The van der Waals surface area contributed by atoms with Crippen molar-refractivity contribution in [3.63, 3.8) is 0 Å². The van der Waals surface area contributed by atoms with Crippen LogP contribution in [0.2, 0.25) is 5.02 Å². The molecule has 1 atom stereocenters. The average Bonchev–Trinajstić information content (AvgIpc) is 2.92. The van der Waals surface area contributed by atoms with E-state index < -0.39 is 0 Å². The number of rotatable bonds is 7. The zero-order chi connectivity index (χ0) is 15.2. The van der Waals surface area contributed by atoms with Gasteiger partial charge in [0.15, 0.2) is 0 Å². The van der Waals surface area contributed by atoms with Gasteiger partial charge in [0.25, 0.3) is 0 Å². The second kappa shape index (κ2) is 7.64. The number of hydrogen-bond acceptors (Lipinski definition) is 3. The molecule has 2 aromatic rings. The highest BCUT2D eigenvalue weighted by Gasteiger charge is 2.17. The van der Waals surface area contributed by atoms with E-state index in [1.165, 1.54) is 5.56 Å². The quantitative estimate of drug-likeness (QED) is 0.829. The van der Waals surface area contributed by atoms with E-state index in [0.717, 1.165) is 36.0 Å². The molecule has 1 aromatic heterocycles. The molecule has 0 fully saturated rings. The molecule has 0 saturated carbocycles. The Labute approximate surface area is 131 Å². The van der Waals surface area contributed by atoms with Gasteiger partial charge >= 0.3 is 0 Å². The SMILES string of the molecule is CCNCc1ccoc1CN(C)C(C)c1ccccc1Cl. The predicted octanol–water partition coefficient (Wildman–Crippen LogP) is 4.24. The van der Waals surface area contributed by atoms with E-state index in [1.54, 1.807) is 6.26 Å². The smallest absolute Gasteiger partial charge is 0.122 e. The molecule has 3 nitrogen and oxygen atoms in total. The first-order valence-electron chi connectivity index (χ1n) is 7.34. The van der Waals surface area contributed by atoms with Gasteiger partial charge in [0, 0.05) is 23.2 Å². The number of nitrogens with one attached hydrogen (secondary N) is 1. The van der Waals surface area contributed by atoms with Crippen LogP contribution >= 0.6 is 11.6 Å². The minimum atomic E-state index is 0.232. The molecular weight excluding hydrogens is 284 g/mol. The largest absolute Gasteiger partial charge is 0.468 e. The summed E-state index contributed by atoms with van der Waals surface area (Å²) in [5.74, 6) is 1.01. The third-order valence-corrected chi connectivity index (χ3v) is 4.16. The first-order chi connectivity index (χ1) is 10.1. The standard InChI is InChI=1S/C17H23ClN2O/c1-4-19-11-14-9-10-21-17(14)12-20(3)13(2)15-7-5-6-8-16(15)18/h5-10,13,19H,4,11-12H2,1-3H3. The number of benzene rings is 1. The van der Waals surface area contributed by atoms with Crippen LogP contribution in [0.3, 0.4) is 0 Å². The van der Waals surface area contributed by atoms with Crippen molar-refractivity contribution in [3.05, 3.63) is 58.5 Å². The topological polar surface area (TPSA) is 28.4 Å². The Bertz CT molecular complexity index is 567. The summed E-state index contributed by atoms with van der Waals surface area (Å²) in [4.78, 5) is 2.25. The van der Waals surface area contributed by atoms with Crippen LogP contribution in [0, 0.1) is 0 Å². The van der Waals surface area contributed by atoms with Gasteiger partial charge in [-0.05, 0) is 38.2 Å². The second-order valence-electron chi connectivity index (χ2n) is 5.26. The lowest BCUT2D eigenvalue weighted by Crippen LogP contribution is -2.23. The Hall–Kier alpha value is -1.29. The van der Waals surface area contributed by atoms with Gasteiger partial charge in [-0.3, -0.25) is 4.90 Å². The summed E-state index contributed by atoms with van der Waals surface area (Å²) < 4.78 is 5.63.